The minimum absolute atomic E-state index is 0.387. The lowest BCUT2D eigenvalue weighted by Gasteiger charge is -2.12. The quantitative estimate of drug-likeness (QED) is 0.825. The molecule has 0 atom stereocenters. The van der Waals surface area contributed by atoms with Crippen molar-refractivity contribution in [1.82, 2.24) is 0 Å². The van der Waals surface area contributed by atoms with Crippen LogP contribution in [0.15, 0.2) is 42.5 Å². The summed E-state index contributed by atoms with van der Waals surface area (Å²) < 4.78 is 15.3. The van der Waals surface area contributed by atoms with Gasteiger partial charge in [0, 0.05) is 6.07 Å². The van der Waals surface area contributed by atoms with E-state index in [9.17, 15) is 9.59 Å². The molecule has 24 heavy (non-hydrogen) atoms. The van der Waals surface area contributed by atoms with Crippen molar-refractivity contribution in [3.63, 3.8) is 0 Å². The van der Waals surface area contributed by atoms with Crippen molar-refractivity contribution in [2.24, 2.45) is 0 Å². The monoisotopic (exact) mass is 329 g/mol. The number of nitrogens with one attached hydrogen (secondary N) is 1. The summed E-state index contributed by atoms with van der Waals surface area (Å²) in [5.74, 6) is 0.0541. The Balaban J connectivity index is 1.95. The molecule has 0 saturated heterocycles. The van der Waals surface area contributed by atoms with Crippen molar-refractivity contribution < 1.29 is 23.8 Å². The van der Waals surface area contributed by atoms with Crippen molar-refractivity contribution in [3.8, 4) is 11.5 Å². The first-order valence-corrected chi connectivity index (χ1v) is 7.29. The fraction of sp³-hybridized carbons (Fsp3) is 0.222. The molecule has 2 aromatic rings. The van der Waals surface area contributed by atoms with E-state index in [0.717, 1.165) is 5.56 Å². The molecule has 0 bridgehead atoms. The second kappa shape index (κ2) is 8.01. The van der Waals surface area contributed by atoms with Crippen LogP contribution in [0.25, 0.3) is 0 Å². The number of hydrogen-bond acceptors (Lipinski definition) is 5. The van der Waals surface area contributed by atoms with Crippen LogP contribution in [-0.2, 0) is 9.53 Å². The molecule has 6 nitrogen and oxygen atoms in total. The standard InChI is InChI=1S/C18H19NO5/c1-12-5-4-6-13(9-12)18(21)24-11-17(20)19-15-8-7-14(22-2)10-16(15)23-3/h4-10H,11H2,1-3H3,(H,19,20). The topological polar surface area (TPSA) is 73.9 Å². The van der Waals surface area contributed by atoms with Crippen molar-refractivity contribution >= 4 is 17.6 Å². The molecule has 6 heteroatoms. The Hall–Kier alpha value is -3.02. The van der Waals surface area contributed by atoms with E-state index >= 15 is 0 Å². The van der Waals surface area contributed by atoms with Gasteiger partial charge in [-0.15, -0.1) is 0 Å². The van der Waals surface area contributed by atoms with Crippen LogP contribution in [0.1, 0.15) is 15.9 Å². The molecule has 0 saturated carbocycles. The molecule has 1 amide bonds. The third-order valence-electron chi connectivity index (χ3n) is 3.27. The van der Waals surface area contributed by atoms with E-state index in [1.54, 1.807) is 36.4 Å². The highest BCUT2D eigenvalue weighted by Gasteiger charge is 2.12. The van der Waals surface area contributed by atoms with Crippen LogP contribution < -0.4 is 14.8 Å². The van der Waals surface area contributed by atoms with Gasteiger partial charge in [-0.05, 0) is 31.2 Å². The molecule has 0 fully saturated rings. The minimum atomic E-state index is -0.546. The molecule has 0 aliphatic heterocycles. The molecule has 0 aliphatic rings. The maximum Gasteiger partial charge on any atom is 0.338 e. The van der Waals surface area contributed by atoms with Crippen LogP contribution in [-0.4, -0.2) is 32.7 Å². The van der Waals surface area contributed by atoms with Gasteiger partial charge in [0.15, 0.2) is 6.61 Å². The largest absolute Gasteiger partial charge is 0.497 e. The zero-order chi connectivity index (χ0) is 17.5. The SMILES string of the molecule is COc1ccc(NC(=O)COC(=O)c2cccc(C)c2)c(OC)c1. The highest BCUT2D eigenvalue weighted by molar-refractivity contribution is 5.96. The average molecular weight is 329 g/mol. The predicted octanol–water partition coefficient (Wildman–Crippen LogP) is 2.81. The van der Waals surface area contributed by atoms with Gasteiger partial charge < -0.3 is 19.5 Å². The molecule has 2 rings (SSSR count). The van der Waals surface area contributed by atoms with Gasteiger partial charge >= 0.3 is 5.97 Å². The van der Waals surface area contributed by atoms with Crippen molar-refractivity contribution in [2.45, 2.75) is 6.92 Å². The van der Waals surface area contributed by atoms with E-state index in [1.165, 1.54) is 14.2 Å². The van der Waals surface area contributed by atoms with Gasteiger partial charge in [-0.25, -0.2) is 4.79 Å². The molecule has 1 N–H and O–H groups in total. The first-order chi connectivity index (χ1) is 11.5. The number of benzene rings is 2. The highest BCUT2D eigenvalue weighted by Crippen LogP contribution is 2.28. The molecule has 0 spiro atoms. The van der Waals surface area contributed by atoms with Gasteiger partial charge in [0.05, 0.1) is 25.5 Å². The van der Waals surface area contributed by atoms with Gasteiger partial charge in [0.1, 0.15) is 11.5 Å². The number of ether oxygens (including phenoxy) is 3. The van der Waals surface area contributed by atoms with Gasteiger partial charge in [0.25, 0.3) is 5.91 Å². The summed E-state index contributed by atoms with van der Waals surface area (Å²) in [5, 5.41) is 2.63. The van der Waals surface area contributed by atoms with E-state index in [-0.39, 0.29) is 6.61 Å². The lowest BCUT2D eigenvalue weighted by atomic mass is 10.1. The number of rotatable bonds is 6. The van der Waals surface area contributed by atoms with Gasteiger partial charge in [-0.2, -0.15) is 0 Å². The molecule has 0 unspecified atom stereocenters. The zero-order valence-corrected chi connectivity index (χ0v) is 13.8. The van der Waals surface area contributed by atoms with Crippen molar-refractivity contribution in [2.75, 3.05) is 26.1 Å². The molecule has 0 heterocycles. The van der Waals surface area contributed by atoms with Crippen LogP contribution in [0.2, 0.25) is 0 Å². The Morgan fingerprint density at radius 2 is 1.83 bits per heavy atom. The van der Waals surface area contributed by atoms with Crippen LogP contribution in [0.5, 0.6) is 11.5 Å². The minimum Gasteiger partial charge on any atom is -0.497 e. The van der Waals surface area contributed by atoms with Crippen molar-refractivity contribution in [1.29, 1.82) is 0 Å². The number of carbonyl (C=O) groups excluding carboxylic acids is 2. The predicted molar refractivity (Wildman–Crippen MR) is 89.6 cm³/mol. The number of amides is 1. The Morgan fingerprint density at radius 3 is 2.50 bits per heavy atom. The number of esters is 1. The van der Waals surface area contributed by atoms with Gasteiger partial charge in [-0.3, -0.25) is 4.79 Å². The maximum atomic E-state index is 12.0. The summed E-state index contributed by atoms with van der Waals surface area (Å²) in [6, 6.07) is 12.0. The molecular formula is C18H19NO5. The summed E-state index contributed by atoms with van der Waals surface area (Å²) in [6.45, 7) is 1.49. The average Bonchev–Trinajstić information content (AvgIpc) is 2.60. The number of anilines is 1. The lowest BCUT2D eigenvalue weighted by Crippen LogP contribution is -2.21. The Morgan fingerprint density at radius 1 is 1.04 bits per heavy atom. The van der Waals surface area contributed by atoms with E-state index < -0.39 is 11.9 Å². The van der Waals surface area contributed by atoms with Gasteiger partial charge in [0.2, 0.25) is 0 Å². The smallest absolute Gasteiger partial charge is 0.338 e. The number of carbonyl (C=O) groups is 2. The lowest BCUT2D eigenvalue weighted by molar-refractivity contribution is -0.119. The van der Waals surface area contributed by atoms with Crippen LogP contribution in [0.4, 0.5) is 5.69 Å². The Bertz CT molecular complexity index is 742. The second-order valence-corrected chi connectivity index (χ2v) is 5.06. The third kappa shape index (κ3) is 4.49. The summed E-state index contributed by atoms with van der Waals surface area (Å²) in [6.07, 6.45) is 0. The first kappa shape index (κ1) is 17.3. The summed E-state index contributed by atoms with van der Waals surface area (Å²) >= 11 is 0. The number of methoxy groups -OCH3 is 2. The maximum absolute atomic E-state index is 12.0. The normalized spacial score (nSPS) is 9.96. The first-order valence-electron chi connectivity index (χ1n) is 7.29. The molecule has 2 aromatic carbocycles. The summed E-state index contributed by atoms with van der Waals surface area (Å²) in [7, 11) is 3.03. The molecule has 0 aliphatic carbocycles. The van der Waals surface area contributed by atoms with Crippen LogP contribution >= 0.6 is 0 Å². The fourth-order valence-corrected chi connectivity index (χ4v) is 2.07. The molecule has 0 aromatic heterocycles. The summed E-state index contributed by atoms with van der Waals surface area (Å²) in [5.41, 5.74) is 1.82. The molecular weight excluding hydrogens is 310 g/mol. The van der Waals surface area contributed by atoms with E-state index in [4.69, 9.17) is 14.2 Å². The zero-order valence-electron chi connectivity index (χ0n) is 13.8. The van der Waals surface area contributed by atoms with E-state index in [0.29, 0.717) is 22.7 Å². The van der Waals surface area contributed by atoms with Crippen LogP contribution in [0.3, 0.4) is 0 Å². The third-order valence-corrected chi connectivity index (χ3v) is 3.27. The molecule has 0 radical (unpaired) electrons. The van der Waals surface area contributed by atoms with Crippen LogP contribution in [0, 0.1) is 6.92 Å². The fourth-order valence-electron chi connectivity index (χ4n) is 2.07. The van der Waals surface area contributed by atoms with Crippen molar-refractivity contribution in [3.05, 3.63) is 53.6 Å². The van der Waals surface area contributed by atoms with Gasteiger partial charge in [-0.1, -0.05) is 17.7 Å². The summed E-state index contributed by atoms with van der Waals surface area (Å²) in [4.78, 5) is 23.9. The Kier molecular flexibility index (Phi) is 5.78. The number of aryl methyl sites for hydroxylation is 1. The second-order valence-electron chi connectivity index (χ2n) is 5.06. The van der Waals surface area contributed by atoms with E-state index in [1.807, 2.05) is 13.0 Å². The molecule has 126 valence electrons. The Labute approximate surface area is 140 Å². The highest BCUT2D eigenvalue weighted by atomic mass is 16.5. The number of hydrogen-bond donors (Lipinski definition) is 1. The van der Waals surface area contributed by atoms with E-state index in [2.05, 4.69) is 5.32 Å².